The molecule has 1 aromatic rings. The Bertz CT molecular complexity index is 296. The first-order valence-electron chi connectivity index (χ1n) is 4.45. The Morgan fingerprint density at radius 3 is 2.57 bits per heavy atom. The highest BCUT2D eigenvalue weighted by Gasteiger charge is 1.94. The van der Waals surface area contributed by atoms with Gasteiger partial charge in [0.2, 0.25) is 11.9 Å². The molecule has 0 aliphatic carbocycles. The Morgan fingerprint density at radius 2 is 2.00 bits per heavy atom. The first-order chi connectivity index (χ1) is 6.68. The van der Waals surface area contributed by atoms with Crippen LogP contribution in [0.3, 0.4) is 0 Å². The van der Waals surface area contributed by atoms with Crippen LogP contribution in [0.4, 0.5) is 5.95 Å². The molecule has 76 valence electrons. The first kappa shape index (κ1) is 10.4. The van der Waals surface area contributed by atoms with Gasteiger partial charge >= 0.3 is 0 Å². The molecule has 0 fully saturated rings. The summed E-state index contributed by atoms with van der Waals surface area (Å²) < 4.78 is 0. The van der Waals surface area contributed by atoms with Gasteiger partial charge in [-0.3, -0.25) is 4.79 Å². The molecule has 0 bridgehead atoms. The standard InChI is InChI=1S/C9H14N4O/c1-7-5-12-9(13-6-7)11-4-3-10-8(2)14/h5-6H,3-4H2,1-2H3,(H,10,14)(H,11,12,13). The number of nitrogens with zero attached hydrogens (tertiary/aromatic N) is 2. The van der Waals surface area contributed by atoms with Gasteiger partial charge in [0, 0.05) is 32.4 Å². The smallest absolute Gasteiger partial charge is 0.222 e. The van der Waals surface area contributed by atoms with E-state index >= 15 is 0 Å². The van der Waals surface area contributed by atoms with E-state index in [2.05, 4.69) is 20.6 Å². The van der Waals surface area contributed by atoms with Gasteiger partial charge in [0.1, 0.15) is 0 Å². The molecule has 0 spiro atoms. The second-order valence-corrected chi connectivity index (χ2v) is 2.99. The number of carbonyl (C=O) groups excluding carboxylic acids is 1. The molecule has 0 unspecified atom stereocenters. The summed E-state index contributed by atoms with van der Waals surface area (Å²) in [5.41, 5.74) is 1.03. The largest absolute Gasteiger partial charge is 0.355 e. The third-order valence-corrected chi connectivity index (χ3v) is 1.56. The zero-order valence-corrected chi connectivity index (χ0v) is 8.37. The number of aryl methyl sites for hydroxylation is 1. The lowest BCUT2D eigenvalue weighted by Crippen LogP contribution is -2.26. The first-order valence-corrected chi connectivity index (χ1v) is 4.45. The summed E-state index contributed by atoms with van der Waals surface area (Å²) in [7, 11) is 0. The van der Waals surface area contributed by atoms with Crippen LogP contribution in [0.15, 0.2) is 12.4 Å². The average molecular weight is 194 g/mol. The lowest BCUT2D eigenvalue weighted by atomic mass is 10.4. The summed E-state index contributed by atoms with van der Waals surface area (Å²) in [6, 6.07) is 0. The molecule has 0 radical (unpaired) electrons. The third kappa shape index (κ3) is 3.84. The van der Waals surface area contributed by atoms with E-state index < -0.39 is 0 Å². The highest BCUT2D eigenvalue weighted by Crippen LogP contribution is 1.96. The van der Waals surface area contributed by atoms with Crippen molar-refractivity contribution in [3.05, 3.63) is 18.0 Å². The van der Waals surface area contributed by atoms with Crippen molar-refractivity contribution in [3.8, 4) is 0 Å². The number of carbonyl (C=O) groups is 1. The zero-order chi connectivity index (χ0) is 10.4. The summed E-state index contributed by atoms with van der Waals surface area (Å²) in [4.78, 5) is 18.6. The predicted octanol–water partition coefficient (Wildman–Crippen LogP) is 0.333. The Labute approximate surface area is 83.0 Å². The second kappa shape index (κ2) is 5.16. The van der Waals surface area contributed by atoms with E-state index in [-0.39, 0.29) is 5.91 Å². The fourth-order valence-corrected chi connectivity index (χ4v) is 0.897. The number of hydrogen-bond acceptors (Lipinski definition) is 4. The molecular formula is C9H14N4O. The molecule has 0 saturated heterocycles. The van der Waals surface area contributed by atoms with Crippen LogP contribution >= 0.6 is 0 Å². The normalized spacial score (nSPS) is 9.57. The van der Waals surface area contributed by atoms with Crippen molar-refractivity contribution in [2.45, 2.75) is 13.8 Å². The predicted molar refractivity (Wildman–Crippen MR) is 53.9 cm³/mol. The number of rotatable bonds is 4. The molecule has 14 heavy (non-hydrogen) atoms. The van der Waals surface area contributed by atoms with Gasteiger partial charge in [-0.15, -0.1) is 0 Å². The summed E-state index contributed by atoms with van der Waals surface area (Å²) >= 11 is 0. The minimum Gasteiger partial charge on any atom is -0.355 e. The van der Waals surface area contributed by atoms with Gasteiger partial charge in [-0.05, 0) is 12.5 Å². The van der Waals surface area contributed by atoms with Crippen LogP contribution in [0.2, 0.25) is 0 Å². The Morgan fingerprint density at radius 1 is 1.36 bits per heavy atom. The number of aromatic nitrogens is 2. The van der Waals surface area contributed by atoms with Crippen molar-refractivity contribution in [1.82, 2.24) is 15.3 Å². The van der Waals surface area contributed by atoms with Gasteiger partial charge in [-0.2, -0.15) is 0 Å². The van der Waals surface area contributed by atoms with Crippen LogP contribution in [0.5, 0.6) is 0 Å². The van der Waals surface area contributed by atoms with Gasteiger partial charge in [-0.25, -0.2) is 9.97 Å². The SMILES string of the molecule is CC(=O)NCCNc1ncc(C)cn1. The lowest BCUT2D eigenvalue weighted by Gasteiger charge is -2.04. The summed E-state index contributed by atoms with van der Waals surface area (Å²) in [6.07, 6.45) is 3.49. The Balaban J connectivity index is 2.25. The molecule has 2 N–H and O–H groups in total. The van der Waals surface area contributed by atoms with Crippen molar-refractivity contribution in [2.75, 3.05) is 18.4 Å². The maximum atomic E-state index is 10.5. The maximum Gasteiger partial charge on any atom is 0.222 e. The van der Waals surface area contributed by atoms with E-state index in [0.29, 0.717) is 19.0 Å². The van der Waals surface area contributed by atoms with Gasteiger partial charge in [0.15, 0.2) is 0 Å². The minimum atomic E-state index is -0.0309. The van der Waals surface area contributed by atoms with Crippen LogP contribution in [-0.4, -0.2) is 29.0 Å². The van der Waals surface area contributed by atoms with Crippen LogP contribution < -0.4 is 10.6 Å². The fourth-order valence-electron chi connectivity index (χ4n) is 0.897. The minimum absolute atomic E-state index is 0.0309. The highest BCUT2D eigenvalue weighted by molar-refractivity contribution is 5.72. The van der Waals surface area contributed by atoms with Crippen LogP contribution in [0.1, 0.15) is 12.5 Å². The molecule has 0 saturated carbocycles. The topological polar surface area (TPSA) is 66.9 Å². The van der Waals surface area contributed by atoms with Crippen LogP contribution in [-0.2, 0) is 4.79 Å². The Kier molecular flexibility index (Phi) is 3.84. The van der Waals surface area contributed by atoms with Crippen molar-refractivity contribution in [1.29, 1.82) is 0 Å². The highest BCUT2D eigenvalue weighted by atomic mass is 16.1. The molecule has 1 amide bonds. The summed E-state index contributed by atoms with van der Waals surface area (Å²) in [5.74, 6) is 0.553. The lowest BCUT2D eigenvalue weighted by molar-refractivity contribution is -0.118. The van der Waals surface area contributed by atoms with Crippen LogP contribution in [0, 0.1) is 6.92 Å². The molecular weight excluding hydrogens is 180 g/mol. The monoisotopic (exact) mass is 194 g/mol. The summed E-state index contributed by atoms with van der Waals surface area (Å²) in [6.45, 7) is 4.62. The number of amides is 1. The van der Waals surface area contributed by atoms with E-state index in [1.807, 2.05) is 6.92 Å². The van der Waals surface area contributed by atoms with Crippen molar-refractivity contribution >= 4 is 11.9 Å². The van der Waals surface area contributed by atoms with E-state index in [1.165, 1.54) is 6.92 Å². The molecule has 5 nitrogen and oxygen atoms in total. The maximum absolute atomic E-state index is 10.5. The second-order valence-electron chi connectivity index (χ2n) is 2.99. The van der Waals surface area contributed by atoms with Gasteiger partial charge in [0.25, 0.3) is 0 Å². The van der Waals surface area contributed by atoms with E-state index in [9.17, 15) is 4.79 Å². The quantitative estimate of drug-likeness (QED) is 0.678. The van der Waals surface area contributed by atoms with Crippen molar-refractivity contribution in [3.63, 3.8) is 0 Å². The van der Waals surface area contributed by atoms with E-state index in [4.69, 9.17) is 0 Å². The van der Waals surface area contributed by atoms with Gasteiger partial charge in [-0.1, -0.05) is 0 Å². The summed E-state index contributed by atoms with van der Waals surface area (Å²) in [5, 5.41) is 5.66. The van der Waals surface area contributed by atoms with E-state index in [0.717, 1.165) is 5.56 Å². The molecule has 1 heterocycles. The van der Waals surface area contributed by atoms with Crippen LogP contribution in [0.25, 0.3) is 0 Å². The molecule has 0 atom stereocenters. The molecule has 1 rings (SSSR count). The molecule has 0 aliphatic heterocycles. The number of nitrogens with one attached hydrogen (secondary N) is 2. The van der Waals surface area contributed by atoms with Gasteiger partial charge in [0.05, 0.1) is 0 Å². The molecule has 1 aromatic heterocycles. The molecule has 0 aliphatic rings. The zero-order valence-electron chi connectivity index (χ0n) is 8.37. The number of hydrogen-bond donors (Lipinski definition) is 2. The van der Waals surface area contributed by atoms with E-state index in [1.54, 1.807) is 12.4 Å². The van der Waals surface area contributed by atoms with Crippen molar-refractivity contribution in [2.24, 2.45) is 0 Å². The average Bonchev–Trinajstić information content (AvgIpc) is 2.15. The third-order valence-electron chi connectivity index (χ3n) is 1.56. The fraction of sp³-hybridized carbons (Fsp3) is 0.444. The molecule has 5 heteroatoms. The molecule has 0 aromatic carbocycles. The van der Waals surface area contributed by atoms with Crippen molar-refractivity contribution < 1.29 is 4.79 Å². The van der Waals surface area contributed by atoms with Gasteiger partial charge < -0.3 is 10.6 Å². The number of anilines is 1. The Hall–Kier alpha value is -1.65.